The molecule has 2 rings (SSSR count). The highest BCUT2D eigenvalue weighted by Crippen LogP contribution is 2.19. The monoisotopic (exact) mass is 299 g/mol. The molecule has 116 valence electrons. The summed E-state index contributed by atoms with van der Waals surface area (Å²) >= 11 is 0. The van der Waals surface area contributed by atoms with Crippen molar-refractivity contribution in [3.63, 3.8) is 0 Å². The number of aromatic amines is 1. The Labute approximate surface area is 128 Å². The summed E-state index contributed by atoms with van der Waals surface area (Å²) in [6.45, 7) is 5.19. The van der Waals surface area contributed by atoms with Crippen molar-refractivity contribution in [3.8, 4) is 0 Å². The van der Waals surface area contributed by atoms with Crippen molar-refractivity contribution < 1.29 is 0 Å². The number of H-pyrrole nitrogens is 1. The van der Waals surface area contributed by atoms with Crippen LogP contribution in [0.1, 0.15) is 25.1 Å². The van der Waals surface area contributed by atoms with E-state index in [2.05, 4.69) is 29.0 Å². The van der Waals surface area contributed by atoms with Crippen molar-refractivity contribution in [1.82, 2.24) is 10.2 Å². The van der Waals surface area contributed by atoms with Crippen LogP contribution in [0, 0.1) is 5.92 Å². The molecular formula is C16H21N5O. The number of allylic oxidation sites excluding steroid dienone is 1. The van der Waals surface area contributed by atoms with Gasteiger partial charge in [-0.15, -0.1) is 0 Å². The van der Waals surface area contributed by atoms with Gasteiger partial charge in [-0.25, -0.2) is 5.10 Å². The van der Waals surface area contributed by atoms with E-state index in [9.17, 15) is 4.79 Å². The molecule has 0 saturated carbocycles. The molecule has 1 aromatic carbocycles. The highest BCUT2D eigenvalue weighted by molar-refractivity contribution is 6.10. The molecule has 6 heteroatoms. The Balaban J connectivity index is 2.47. The fourth-order valence-electron chi connectivity index (χ4n) is 2.13. The quantitative estimate of drug-likeness (QED) is 0.725. The van der Waals surface area contributed by atoms with Gasteiger partial charge in [-0.1, -0.05) is 19.9 Å². The number of hydrogen-bond acceptors (Lipinski definition) is 5. The fourth-order valence-corrected chi connectivity index (χ4v) is 2.13. The van der Waals surface area contributed by atoms with Crippen molar-refractivity contribution in [3.05, 3.63) is 46.0 Å². The van der Waals surface area contributed by atoms with E-state index in [1.54, 1.807) is 12.3 Å². The Morgan fingerprint density at radius 2 is 2.18 bits per heavy atom. The van der Waals surface area contributed by atoms with Crippen LogP contribution in [0.15, 0.2) is 34.2 Å². The molecule has 1 aromatic heterocycles. The molecule has 0 aliphatic heterocycles. The first-order valence-electron chi connectivity index (χ1n) is 7.20. The summed E-state index contributed by atoms with van der Waals surface area (Å²) in [5, 5.41) is 7.74. The summed E-state index contributed by atoms with van der Waals surface area (Å²) in [5.74, 6) is 0.485. The minimum absolute atomic E-state index is 0.231. The molecule has 0 amide bonds. The molecule has 5 N–H and O–H groups in total. The number of nitrogens with two attached hydrogens (primary N) is 2. The highest BCUT2D eigenvalue weighted by Gasteiger charge is 2.08. The van der Waals surface area contributed by atoms with Crippen molar-refractivity contribution in [1.29, 1.82) is 0 Å². The first kappa shape index (κ1) is 15.9. The molecule has 22 heavy (non-hydrogen) atoms. The number of hydrogen-bond donors (Lipinski definition) is 3. The second-order valence-electron chi connectivity index (χ2n) is 5.47. The number of nitrogens with one attached hydrogen (secondary N) is 1. The second kappa shape index (κ2) is 7.00. The van der Waals surface area contributed by atoms with Crippen molar-refractivity contribution >= 4 is 22.6 Å². The Hall–Kier alpha value is -2.47. The van der Waals surface area contributed by atoms with E-state index in [1.165, 1.54) is 6.20 Å². The summed E-state index contributed by atoms with van der Waals surface area (Å²) in [6, 6.07) is 5.47. The van der Waals surface area contributed by atoms with Crippen LogP contribution in [0.25, 0.3) is 16.3 Å². The maximum atomic E-state index is 11.8. The molecule has 0 atom stereocenters. The molecule has 0 radical (unpaired) electrons. The average molecular weight is 299 g/mol. The van der Waals surface area contributed by atoms with E-state index in [0.29, 0.717) is 17.0 Å². The number of rotatable bonds is 5. The molecule has 0 bridgehead atoms. The number of aliphatic imine (C=N–C) groups is 1. The van der Waals surface area contributed by atoms with Crippen LogP contribution >= 0.6 is 0 Å². The Kier molecular flexibility index (Phi) is 5.06. The van der Waals surface area contributed by atoms with E-state index < -0.39 is 0 Å². The number of benzene rings is 1. The normalized spacial score (nSPS) is 12.6. The van der Waals surface area contributed by atoms with Crippen LogP contribution in [-0.4, -0.2) is 23.0 Å². The van der Waals surface area contributed by atoms with Crippen molar-refractivity contribution in [2.45, 2.75) is 20.4 Å². The van der Waals surface area contributed by atoms with Gasteiger partial charge in [0.25, 0.3) is 5.56 Å². The summed E-state index contributed by atoms with van der Waals surface area (Å²) < 4.78 is 0. The first-order chi connectivity index (χ1) is 10.6. The molecule has 0 spiro atoms. The predicted octanol–water partition coefficient (Wildman–Crippen LogP) is 1.41. The zero-order valence-corrected chi connectivity index (χ0v) is 12.8. The summed E-state index contributed by atoms with van der Waals surface area (Å²) in [5.41, 5.74) is 13.5. The van der Waals surface area contributed by atoms with E-state index in [0.717, 1.165) is 23.1 Å². The Bertz CT molecular complexity index is 774. The highest BCUT2D eigenvalue weighted by atomic mass is 16.1. The van der Waals surface area contributed by atoms with Gasteiger partial charge in [0.1, 0.15) is 0 Å². The van der Waals surface area contributed by atoms with E-state index in [1.807, 2.05) is 12.1 Å². The van der Waals surface area contributed by atoms with E-state index in [-0.39, 0.29) is 12.1 Å². The minimum atomic E-state index is -0.231. The van der Waals surface area contributed by atoms with Crippen LogP contribution in [0.4, 0.5) is 0 Å². The summed E-state index contributed by atoms with van der Waals surface area (Å²) in [6.07, 6.45) is 3.26. The molecule has 6 nitrogen and oxygen atoms in total. The predicted molar refractivity (Wildman–Crippen MR) is 90.6 cm³/mol. The maximum Gasteiger partial charge on any atom is 0.272 e. The van der Waals surface area contributed by atoms with Gasteiger partial charge in [0.05, 0.1) is 11.1 Å². The minimum Gasteiger partial charge on any atom is -0.404 e. The van der Waals surface area contributed by atoms with E-state index >= 15 is 0 Å². The third-order valence-electron chi connectivity index (χ3n) is 3.27. The van der Waals surface area contributed by atoms with Crippen molar-refractivity contribution in [2.24, 2.45) is 22.4 Å². The van der Waals surface area contributed by atoms with Gasteiger partial charge in [-0.3, -0.25) is 9.79 Å². The van der Waals surface area contributed by atoms with Gasteiger partial charge >= 0.3 is 0 Å². The molecule has 2 aromatic rings. The Morgan fingerprint density at radius 1 is 1.41 bits per heavy atom. The first-order valence-corrected chi connectivity index (χ1v) is 7.20. The smallest absolute Gasteiger partial charge is 0.272 e. The van der Waals surface area contributed by atoms with Gasteiger partial charge < -0.3 is 11.5 Å². The molecule has 0 unspecified atom stereocenters. The molecule has 0 saturated heterocycles. The summed E-state index contributed by atoms with van der Waals surface area (Å²) in [4.78, 5) is 16.2. The van der Waals surface area contributed by atoms with Gasteiger partial charge in [0.2, 0.25) is 0 Å². The van der Waals surface area contributed by atoms with Gasteiger partial charge in [0.15, 0.2) is 0 Å². The lowest BCUT2D eigenvalue weighted by atomic mass is 10.0. The van der Waals surface area contributed by atoms with Gasteiger partial charge in [0, 0.05) is 36.5 Å². The fraction of sp³-hybridized carbons (Fsp3) is 0.312. The van der Waals surface area contributed by atoms with Gasteiger partial charge in [-0.05, 0) is 23.6 Å². The van der Waals surface area contributed by atoms with Gasteiger partial charge in [-0.2, -0.15) is 5.10 Å². The number of aromatic nitrogens is 2. The van der Waals surface area contributed by atoms with Crippen LogP contribution < -0.4 is 17.0 Å². The van der Waals surface area contributed by atoms with Crippen LogP contribution in [0.2, 0.25) is 0 Å². The van der Waals surface area contributed by atoms with Crippen LogP contribution in [0.5, 0.6) is 0 Å². The standard InChI is InChI=1S/C16H21N5O/c1-10(2)8-19-9-12(6-17)11-3-4-13-14(5-11)15(7-18)20-21-16(13)22/h3-6,9-10H,7-8,17-18H2,1-2H3,(H,21,22)/b12-6+,19-9?. The number of fused-ring (bicyclic) bond motifs is 1. The molecule has 0 aliphatic carbocycles. The average Bonchev–Trinajstić information content (AvgIpc) is 2.51. The molecule has 1 heterocycles. The SMILES string of the molecule is CC(C)CN=C/C(=C\N)c1ccc2c(=O)[nH]nc(CN)c2c1. The maximum absolute atomic E-state index is 11.8. The lowest BCUT2D eigenvalue weighted by Gasteiger charge is -2.07. The number of nitrogens with zero attached hydrogens (tertiary/aromatic N) is 2. The zero-order valence-electron chi connectivity index (χ0n) is 12.8. The van der Waals surface area contributed by atoms with Crippen LogP contribution in [-0.2, 0) is 6.54 Å². The second-order valence-corrected chi connectivity index (χ2v) is 5.47. The summed E-state index contributed by atoms with van der Waals surface area (Å²) in [7, 11) is 0. The molecule has 0 aliphatic rings. The Morgan fingerprint density at radius 3 is 2.82 bits per heavy atom. The lowest BCUT2D eigenvalue weighted by molar-refractivity contribution is 0.667. The third-order valence-corrected chi connectivity index (χ3v) is 3.27. The van der Waals surface area contributed by atoms with Crippen molar-refractivity contribution in [2.75, 3.05) is 6.54 Å². The van der Waals surface area contributed by atoms with E-state index in [4.69, 9.17) is 11.5 Å². The zero-order chi connectivity index (χ0) is 16.1. The topological polar surface area (TPSA) is 110 Å². The largest absolute Gasteiger partial charge is 0.404 e. The molecular weight excluding hydrogens is 278 g/mol. The lowest BCUT2D eigenvalue weighted by Crippen LogP contribution is -2.13. The third kappa shape index (κ3) is 3.40. The van der Waals surface area contributed by atoms with Crippen LogP contribution in [0.3, 0.4) is 0 Å². The molecule has 0 fully saturated rings.